The minimum atomic E-state index is -0.946. The molecule has 3 aliphatic rings. The first-order chi connectivity index (χ1) is 8.16. The molecule has 1 amide bonds. The highest BCUT2D eigenvalue weighted by molar-refractivity contribution is 6.09. The quantitative estimate of drug-likeness (QED) is 0.554. The third kappa shape index (κ3) is 1.18. The van der Waals surface area contributed by atoms with Gasteiger partial charge in [0.15, 0.2) is 0 Å². The smallest absolute Gasteiger partial charge is 0.352 e. The molecule has 90 valence electrons. The standard InChI is InChI=1S/C13H15NO3/c1-2-7-10-8-5-3-4-6-9(8)11(13(16)17)14(10)12(7)15/h2,8,10H,3-6H2,1H3,(H,16,17)/b7-2+/t8?,10-/m0/s1. The summed E-state index contributed by atoms with van der Waals surface area (Å²) in [5.41, 5.74) is 2.07. The van der Waals surface area contributed by atoms with Crippen molar-refractivity contribution in [1.29, 1.82) is 0 Å². The van der Waals surface area contributed by atoms with Crippen LogP contribution in [0.2, 0.25) is 0 Å². The highest BCUT2D eigenvalue weighted by Crippen LogP contribution is 2.50. The zero-order valence-electron chi connectivity index (χ0n) is 9.77. The van der Waals surface area contributed by atoms with Crippen molar-refractivity contribution in [1.82, 2.24) is 4.90 Å². The van der Waals surface area contributed by atoms with Crippen LogP contribution in [0.3, 0.4) is 0 Å². The number of carboxylic acids is 1. The first-order valence-corrected chi connectivity index (χ1v) is 6.13. The number of nitrogens with zero attached hydrogens (tertiary/aromatic N) is 1. The maximum absolute atomic E-state index is 11.9. The fourth-order valence-electron chi connectivity index (χ4n) is 3.47. The second-order valence-electron chi connectivity index (χ2n) is 4.90. The molecule has 3 rings (SSSR count). The predicted molar refractivity (Wildman–Crippen MR) is 61.0 cm³/mol. The highest BCUT2D eigenvalue weighted by Gasteiger charge is 2.56. The Hall–Kier alpha value is -1.58. The normalized spacial score (nSPS) is 33.6. The maximum Gasteiger partial charge on any atom is 0.352 e. The Kier molecular flexibility index (Phi) is 2.15. The van der Waals surface area contributed by atoms with Crippen LogP contribution in [0, 0.1) is 5.92 Å². The molecule has 2 heterocycles. The van der Waals surface area contributed by atoms with Gasteiger partial charge in [-0.25, -0.2) is 4.79 Å². The fourth-order valence-corrected chi connectivity index (χ4v) is 3.47. The molecule has 2 atom stereocenters. The summed E-state index contributed by atoms with van der Waals surface area (Å²) in [7, 11) is 0. The Labute approximate surface area is 99.6 Å². The lowest BCUT2D eigenvalue weighted by Crippen LogP contribution is -2.54. The Morgan fingerprint density at radius 3 is 2.88 bits per heavy atom. The summed E-state index contributed by atoms with van der Waals surface area (Å²) in [6.07, 6.45) is 5.86. The number of allylic oxidation sites excluding steroid dienone is 1. The summed E-state index contributed by atoms with van der Waals surface area (Å²) in [6, 6.07) is 0.0221. The summed E-state index contributed by atoms with van der Waals surface area (Å²) in [5.74, 6) is -0.798. The number of aliphatic carboxylic acids is 1. The lowest BCUT2D eigenvalue weighted by molar-refractivity contribution is -0.142. The van der Waals surface area contributed by atoms with Crippen molar-refractivity contribution in [3.8, 4) is 0 Å². The third-order valence-electron chi connectivity index (χ3n) is 4.16. The number of hydrogen-bond donors (Lipinski definition) is 1. The number of rotatable bonds is 1. The van der Waals surface area contributed by atoms with Crippen LogP contribution in [0.25, 0.3) is 0 Å². The largest absolute Gasteiger partial charge is 0.477 e. The molecule has 1 N–H and O–H groups in total. The van der Waals surface area contributed by atoms with E-state index in [2.05, 4.69) is 0 Å². The third-order valence-corrected chi connectivity index (χ3v) is 4.16. The van der Waals surface area contributed by atoms with E-state index in [1.807, 2.05) is 13.0 Å². The van der Waals surface area contributed by atoms with E-state index in [9.17, 15) is 14.7 Å². The topological polar surface area (TPSA) is 57.6 Å². The van der Waals surface area contributed by atoms with Crippen LogP contribution in [0.15, 0.2) is 22.9 Å². The van der Waals surface area contributed by atoms with Gasteiger partial charge in [0.1, 0.15) is 5.70 Å². The summed E-state index contributed by atoms with van der Waals surface area (Å²) in [5, 5.41) is 9.28. The van der Waals surface area contributed by atoms with Crippen LogP contribution >= 0.6 is 0 Å². The molecule has 17 heavy (non-hydrogen) atoms. The van der Waals surface area contributed by atoms with Crippen LogP contribution in [0.1, 0.15) is 32.6 Å². The van der Waals surface area contributed by atoms with E-state index in [1.165, 1.54) is 4.90 Å². The van der Waals surface area contributed by atoms with Crippen LogP contribution in [0.4, 0.5) is 0 Å². The molecule has 4 heteroatoms. The number of fused-ring (bicyclic) bond motifs is 3. The van der Waals surface area contributed by atoms with Gasteiger partial charge in [-0.1, -0.05) is 12.5 Å². The number of carbonyl (C=O) groups excluding carboxylic acids is 1. The lowest BCUT2D eigenvalue weighted by atomic mass is 9.77. The summed E-state index contributed by atoms with van der Waals surface area (Å²) in [4.78, 5) is 24.7. The van der Waals surface area contributed by atoms with Crippen LogP contribution in [0.5, 0.6) is 0 Å². The van der Waals surface area contributed by atoms with E-state index >= 15 is 0 Å². The number of amides is 1. The van der Waals surface area contributed by atoms with E-state index in [0.717, 1.165) is 36.8 Å². The molecule has 0 aromatic heterocycles. The molecule has 2 aliphatic heterocycles. The van der Waals surface area contributed by atoms with Crippen molar-refractivity contribution in [2.24, 2.45) is 5.92 Å². The molecule has 0 aromatic carbocycles. The first kappa shape index (κ1) is 10.6. The average Bonchev–Trinajstić information content (AvgIpc) is 2.61. The molecule has 1 saturated heterocycles. The van der Waals surface area contributed by atoms with Gasteiger partial charge in [-0.3, -0.25) is 9.69 Å². The molecule has 0 spiro atoms. The molecular weight excluding hydrogens is 218 g/mol. The molecule has 2 fully saturated rings. The second kappa shape index (κ2) is 3.45. The van der Waals surface area contributed by atoms with Gasteiger partial charge in [0, 0.05) is 11.5 Å². The van der Waals surface area contributed by atoms with Gasteiger partial charge in [0.05, 0.1) is 6.04 Å². The monoisotopic (exact) mass is 233 g/mol. The average molecular weight is 233 g/mol. The zero-order valence-corrected chi connectivity index (χ0v) is 9.77. The molecule has 4 nitrogen and oxygen atoms in total. The van der Waals surface area contributed by atoms with Crippen molar-refractivity contribution >= 4 is 11.9 Å². The lowest BCUT2D eigenvalue weighted by Gasteiger charge is -2.41. The van der Waals surface area contributed by atoms with Gasteiger partial charge in [0.25, 0.3) is 5.91 Å². The van der Waals surface area contributed by atoms with Gasteiger partial charge in [-0.05, 0) is 31.8 Å². The van der Waals surface area contributed by atoms with Crippen LogP contribution in [-0.2, 0) is 9.59 Å². The van der Waals surface area contributed by atoms with E-state index in [1.54, 1.807) is 0 Å². The molecule has 0 radical (unpaired) electrons. The van der Waals surface area contributed by atoms with Crippen molar-refractivity contribution in [2.45, 2.75) is 38.6 Å². The molecule has 1 saturated carbocycles. The second-order valence-corrected chi connectivity index (χ2v) is 4.90. The summed E-state index contributed by atoms with van der Waals surface area (Å²) < 4.78 is 0. The highest BCUT2D eigenvalue weighted by atomic mass is 16.4. The Morgan fingerprint density at radius 1 is 1.47 bits per heavy atom. The van der Waals surface area contributed by atoms with E-state index in [0.29, 0.717) is 0 Å². The molecule has 1 aliphatic carbocycles. The van der Waals surface area contributed by atoms with Crippen LogP contribution < -0.4 is 0 Å². The van der Waals surface area contributed by atoms with Gasteiger partial charge in [-0.2, -0.15) is 0 Å². The zero-order chi connectivity index (χ0) is 12.2. The van der Waals surface area contributed by atoms with Gasteiger partial charge >= 0.3 is 5.97 Å². The van der Waals surface area contributed by atoms with Crippen molar-refractivity contribution in [3.05, 3.63) is 22.9 Å². The number of β-lactam (4-membered cyclic amide) rings is 1. The summed E-state index contributed by atoms with van der Waals surface area (Å²) >= 11 is 0. The van der Waals surface area contributed by atoms with E-state index < -0.39 is 5.97 Å². The number of carbonyl (C=O) groups is 2. The van der Waals surface area contributed by atoms with Crippen molar-refractivity contribution in [3.63, 3.8) is 0 Å². The van der Waals surface area contributed by atoms with E-state index in [4.69, 9.17) is 0 Å². The Balaban J connectivity index is 2.07. The minimum absolute atomic E-state index is 0.0221. The van der Waals surface area contributed by atoms with Gasteiger partial charge in [-0.15, -0.1) is 0 Å². The van der Waals surface area contributed by atoms with Crippen molar-refractivity contribution in [2.75, 3.05) is 0 Å². The van der Waals surface area contributed by atoms with Crippen molar-refractivity contribution < 1.29 is 14.7 Å². The molecular formula is C13H15NO3. The first-order valence-electron chi connectivity index (χ1n) is 6.13. The number of hydrogen-bond acceptors (Lipinski definition) is 2. The Morgan fingerprint density at radius 2 is 2.24 bits per heavy atom. The fraction of sp³-hybridized carbons (Fsp3) is 0.538. The van der Waals surface area contributed by atoms with E-state index in [-0.39, 0.29) is 23.6 Å². The Bertz CT molecular complexity index is 475. The van der Waals surface area contributed by atoms with Gasteiger partial charge < -0.3 is 5.11 Å². The van der Waals surface area contributed by atoms with Crippen LogP contribution in [-0.4, -0.2) is 27.9 Å². The molecule has 1 unspecified atom stereocenters. The SMILES string of the molecule is C/C=C1/C(=O)N2C(C(=O)O)=C3CCCCC3[C@H]12. The molecule has 0 bridgehead atoms. The molecule has 0 aromatic rings. The minimum Gasteiger partial charge on any atom is -0.477 e. The van der Waals surface area contributed by atoms with Gasteiger partial charge in [0.2, 0.25) is 0 Å². The summed E-state index contributed by atoms with van der Waals surface area (Å²) in [6.45, 7) is 1.85. The maximum atomic E-state index is 11.9. The predicted octanol–water partition coefficient (Wildman–Crippen LogP) is 1.69. The number of carboxylic acid groups (broad SMARTS) is 1.